The van der Waals surface area contributed by atoms with Crippen molar-refractivity contribution in [3.8, 4) is 0 Å². The predicted molar refractivity (Wildman–Crippen MR) is 86.5 cm³/mol. The Labute approximate surface area is 125 Å². The molecule has 0 bridgehead atoms. The van der Waals surface area contributed by atoms with Crippen LogP contribution in [0.25, 0.3) is 0 Å². The van der Waals surface area contributed by atoms with Crippen LogP contribution in [0.4, 0.5) is 0 Å². The van der Waals surface area contributed by atoms with E-state index >= 15 is 0 Å². The second kappa shape index (κ2) is 6.05. The maximum absolute atomic E-state index is 10.3. The maximum atomic E-state index is 10.3. The average Bonchev–Trinajstić information content (AvgIpc) is 2.74. The standard InChI is InChI=1S/C19H32O/c1-13(2)14(3)8-9-15(4)16-10-11-17-18(20)7-6-12-19(16,17)5/h8-9,14-18,20H,1,6-7,10-12H2,2-5H3/b9-8+/t14-,15+,16+,17-,18-,19+/m0/s1. The molecule has 2 rings (SSSR count). The van der Waals surface area contributed by atoms with E-state index in [4.69, 9.17) is 0 Å². The fourth-order valence-corrected chi connectivity index (χ4v) is 4.69. The smallest absolute Gasteiger partial charge is 0.0573 e. The van der Waals surface area contributed by atoms with E-state index in [-0.39, 0.29) is 6.10 Å². The highest BCUT2D eigenvalue weighted by atomic mass is 16.3. The molecule has 0 heterocycles. The topological polar surface area (TPSA) is 20.2 Å². The summed E-state index contributed by atoms with van der Waals surface area (Å²) in [4.78, 5) is 0. The highest BCUT2D eigenvalue weighted by Crippen LogP contribution is 2.57. The van der Waals surface area contributed by atoms with Crippen LogP contribution in [0.2, 0.25) is 0 Å². The summed E-state index contributed by atoms with van der Waals surface area (Å²) in [5, 5.41) is 10.3. The SMILES string of the molecule is C=C(C)[C@@H](C)/C=C/[C@@H](C)[C@H]1CC[C@H]2[C@@H](O)CCC[C@]12C. The number of aliphatic hydroxyl groups is 1. The molecular formula is C19H32O. The Balaban J connectivity index is 2.07. The minimum absolute atomic E-state index is 0.0516. The lowest BCUT2D eigenvalue weighted by molar-refractivity contribution is -0.0231. The number of aliphatic hydroxyl groups excluding tert-OH is 1. The van der Waals surface area contributed by atoms with Gasteiger partial charge in [0.15, 0.2) is 0 Å². The van der Waals surface area contributed by atoms with Gasteiger partial charge in [0.25, 0.3) is 0 Å². The lowest BCUT2D eigenvalue weighted by Crippen LogP contribution is -2.41. The summed E-state index contributed by atoms with van der Waals surface area (Å²) in [6, 6.07) is 0. The minimum atomic E-state index is -0.0516. The summed E-state index contributed by atoms with van der Waals surface area (Å²) in [5.74, 6) is 2.35. The Morgan fingerprint density at radius 3 is 2.60 bits per heavy atom. The van der Waals surface area contributed by atoms with Crippen LogP contribution in [0.1, 0.15) is 59.8 Å². The highest BCUT2D eigenvalue weighted by Gasteiger charge is 2.51. The molecule has 0 aromatic rings. The Kier molecular flexibility index (Phi) is 4.79. The fraction of sp³-hybridized carbons (Fsp3) is 0.789. The summed E-state index contributed by atoms with van der Waals surface area (Å²) in [6.45, 7) is 13.2. The molecule has 1 N–H and O–H groups in total. The first-order valence-electron chi connectivity index (χ1n) is 8.38. The lowest BCUT2D eigenvalue weighted by atomic mass is 9.62. The van der Waals surface area contributed by atoms with E-state index in [0.717, 1.165) is 12.3 Å². The molecule has 2 aliphatic carbocycles. The van der Waals surface area contributed by atoms with Crippen LogP contribution in [-0.2, 0) is 0 Å². The zero-order chi connectivity index (χ0) is 14.9. The summed E-state index contributed by atoms with van der Waals surface area (Å²) in [5.41, 5.74) is 1.59. The van der Waals surface area contributed by atoms with Gasteiger partial charge in [-0.05, 0) is 61.7 Å². The zero-order valence-electron chi connectivity index (χ0n) is 13.7. The number of hydrogen-bond donors (Lipinski definition) is 1. The van der Waals surface area contributed by atoms with Crippen LogP contribution < -0.4 is 0 Å². The second-order valence-electron chi connectivity index (χ2n) is 7.63. The van der Waals surface area contributed by atoms with Gasteiger partial charge in [0, 0.05) is 0 Å². The molecule has 114 valence electrons. The van der Waals surface area contributed by atoms with Gasteiger partial charge < -0.3 is 5.11 Å². The van der Waals surface area contributed by atoms with Gasteiger partial charge in [-0.15, -0.1) is 0 Å². The van der Waals surface area contributed by atoms with Crippen LogP contribution in [0.3, 0.4) is 0 Å². The quantitative estimate of drug-likeness (QED) is 0.719. The monoisotopic (exact) mass is 276 g/mol. The normalized spacial score (nSPS) is 40.5. The van der Waals surface area contributed by atoms with E-state index in [9.17, 15) is 5.11 Å². The van der Waals surface area contributed by atoms with E-state index in [1.165, 1.54) is 31.3 Å². The number of hydrogen-bond acceptors (Lipinski definition) is 1. The number of rotatable bonds is 4. The minimum Gasteiger partial charge on any atom is -0.393 e. The molecule has 0 aromatic carbocycles. The van der Waals surface area contributed by atoms with Gasteiger partial charge in [0.2, 0.25) is 0 Å². The molecule has 0 amide bonds. The molecule has 0 aromatic heterocycles. The molecular weight excluding hydrogens is 244 g/mol. The van der Waals surface area contributed by atoms with Crippen molar-refractivity contribution in [3.05, 3.63) is 24.3 Å². The van der Waals surface area contributed by atoms with Crippen molar-refractivity contribution in [1.29, 1.82) is 0 Å². The zero-order valence-corrected chi connectivity index (χ0v) is 13.7. The third-order valence-electron chi connectivity index (χ3n) is 6.28. The average molecular weight is 276 g/mol. The largest absolute Gasteiger partial charge is 0.393 e. The molecule has 6 atom stereocenters. The summed E-state index contributed by atoms with van der Waals surface area (Å²) in [6.07, 6.45) is 10.7. The van der Waals surface area contributed by atoms with E-state index in [1.54, 1.807) is 0 Å². The van der Waals surface area contributed by atoms with E-state index in [0.29, 0.717) is 23.2 Å². The van der Waals surface area contributed by atoms with Crippen molar-refractivity contribution in [1.82, 2.24) is 0 Å². The summed E-state index contributed by atoms with van der Waals surface area (Å²) in [7, 11) is 0. The van der Waals surface area contributed by atoms with Gasteiger partial charge in [-0.25, -0.2) is 0 Å². The predicted octanol–water partition coefficient (Wildman–Crippen LogP) is 4.97. The maximum Gasteiger partial charge on any atom is 0.0573 e. The molecule has 0 saturated heterocycles. The van der Waals surface area contributed by atoms with Crippen molar-refractivity contribution in [2.24, 2.45) is 29.1 Å². The van der Waals surface area contributed by atoms with Crippen molar-refractivity contribution < 1.29 is 5.11 Å². The third-order valence-corrected chi connectivity index (χ3v) is 6.28. The van der Waals surface area contributed by atoms with Gasteiger partial charge in [0.1, 0.15) is 0 Å². The second-order valence-corrected chi connectivity index (χ2v) is 7.63. The van der Waals surface area contributed by atoms with Gasteiger partial charge in [-0.1, -0.05) is 51.5 Å². The first kappa shape index (κ1) is 15.8. The van der Waals surface area contributed by atoms with Crippen molar-refractivity contribution in [2.75, 3.05) is 0 Å². The van der Waals surface area contributed by atoms with Crippen molar-refractivity contribution >= 4 is 0 Å². The highest BCUT2D eigenvalue weighted by molar-refractivity contribution is 5.09. The lowest BCUT2D eigenvalue weighted by Gasteiger charge is -2.44. The molecule has 0 aliphatic heterocycles. The molecule has 1 heteroatoms. The molecule has 2 saturated carbocycles. The van der Waals surface area contributed by atoms with Crippen LogP contribution in [-0.4, -0.2) is 11.2 Å². The Bertz CT molecular complexity index is 383. The van der Waals surface area contributed by atoms with Crippen LogP contribution in [0.15, 0.2) is 24.3 Å². The van der Waals surface area contributed by atoms with Crippen LogP contribution in [0, 0.1) is 29.1 Å². The number of allylic oxidation sites excluding steroid dienone is 3. The van der Waals surface area contributed by atoms with Gasteiger partial charge in [-0.2, -0.15) is 0 Å². The first-order valence-corrected chi connectivity index (χ1v) is 8.38. The van der Waals surface area contributed by atoms with E-state index in [1.807, 2.05) is 0 Å². The van der Waals surface area contributed by atoms with Gasteiger partial charge in [0.05, 0.1) is 6.10 Å². The third kappa shape index (κ3) is 2.88. The van der Waals surface area contributed by atoms with Crippen molar-refractivity contribution in [3.63, 3.8) is 0 Å². The summed E-state index contributed by atoms with van der Waals surface area (Å²) < 4.78 is 0. The van der Waals surface area contributed by atoms with Crippen molar-refractivity contribution in [2.45, 2.75) is 65.9 Å². The number of fused-ring (bicyclic) bond motifs is 1. The Morgan fingerprint density at radius 2 is 1.95 bits per heavy atom. The molecule has 0 unspecified atom stereocenters. The van der Waals surface area contributed by atoms with E-state index in [2.05, 4.69) is 46.4 Å². The van der Waals surface area contributed by atoms with Gasteiger partial charge >= 0.3 is 0 Å². The molecule has 0 radical (unpaired) electrons. The molecule has 2 aliphatic rings. The van der Waals surface area contributed by atoms with E-state index < -0.39 is 0 Å². The molecule has 20 heavy (non-hydrogen) atoms. The van der Waals surface area contributed by atoms with Gasteiger partial charge in [-0.3, -0.25) is 0 Å². The molecule has 2 fully saturated rings. The Hall–Kier alpha value is -0.560. The summed E-state index contributed by atoms with van der Waals surface area (Å²) >= 11 is 0. The Morgan fingerprint density at radius 1 is 1.25 bits per heavy atom. The molecule has 1 nitrogen and oxygen atoms in total. The first-order chi connectivity index (χ1) is 9.36. The van der Waals surface area contributed by atoms with Crippen LogP contribution in [0.5, 0.6) is 0 Å². The van der Waals surface area contributed by atoms with Crippen LogP contribution >= 0.6 is 0 Å². The molecule has 0 spiro atoms. The fourth-order valence-electron chi connectivity index (χ4n) is 4.69.